The van der Waals surface area contributed by atoms with Crippen molar-refractivity contribution >= 4 is 6.91 Å². The molecule has 0 saturated heterocycles. The Balaban J connectivity index is 0. The van der Waals surface area contributed by atoms with Gasteiger partial charge < -0.3 is 1.43 Å². The van der Waals surface area contributed by atoms with E-state index in [1.54, 1.807) is 5.56 Å². The molecule has 1 rings (SSSR count). The molecular weight excluding hydrogens is 150 g/mol. The van der Waals surface area contributed by atoms with Crippen LogP contribution in [-0.2, 0) is 19.3 Å². The molecule has 0 aliphatic rings. The third-order valence-corrected chi connectivity index (χ3v) is 2.49. The van der Waals surface area contributed by atoms with E-state index in [2.05, 4.69) is 39.7 Å². The minimum atomic E-state index is 0. The van der Waals surface area contributed by atoms with Crippen LogP contribution in [-0.4, -0.2) is 6.91 Å². The minimum Gasteiger partial charge on any atom is -1.00 e. The van der Waals surface area contributed by atoms with E-state index in [1.165, 1.54) is 17.4 Å². The van der Waals surface area contributed by atoms with E-state index in [0.717, 1.165) is 12.8 Å². The van der Waals surface area contributed by atoms with Gasteiger partial charge in [-0.05, 0) is 0 Å². The number of aryl methyl sites for hydroxylation is 2. The van der Waals surface area contributed by atoms with E-state index < -0.39 is 0 Å². The van der Waals surface area contributed by atoms with Gasteiger partial charge >= 0.3 is 94.4 Å². The first-order chi connectivity index (χ1) is 5.83. The Kier molecular flexibility index (Phi) is 6.47. The van der Waals surface area contributed by atoms with Crippen molar-refractivity contribution in [3.8, 4) is 0 Å². The Labute approximate surface area is 96.0 Å². The normalized spacial score (nSPS) is 9.15. The Bertz CT molecular complexity index is 241. The second-order valence-electron chi connectivity index (χ2n) is 3.12. The van der Waals surface area contributed by atoms with Crippen molar-refractivity contribution in [1.29, 1.82) is 0 Å². The second kappa shape index (κ2) is 6.46. The molecule has 0 bridgehead atoms. The van der Waals surface area contributed by atoms with Crippen LogP contribution in [0.2, 0.25) is 0 Å². The van der Waals surface area contributed by atoms with E-state index in [-0.39, 0.29) is 20.3 Å². The zero-order valence-electron chi connectivity index (χ0n) is 10.4. The Morgan fingerprint density at radius 3 is 2.31 bits per heavy atom. The minimum absolute atomic E-state index is 0. The summed E-state index contributed by atoms with van der Waals surface area (Å²) in [6, 6.07) is 2.25. The number of hydrogen-bond acceptors (Lipinski definition) is 0. The third kappa shape index (κ3) is 3.01. The summed E-state index contributed by atoms with van der Waals surface area (Å²) in [4.78, 5) is 0. The first kappa shape index (κ1) is 13.0. The maximum atomic E-state index is 2.25. The molecule has 1 heterocycles. The molecule has 0 fully saturated rings. The molecule has 0 saturated carbocycles. The molecule has 0 N–H and O–H groups in total. The van der Waals surface area contributed by atoms with Gasteiger partial charge in [0.1, 0.15) is 0 Å². The molecule has 0 unspecified atom stereocenters. The predicted molar refractivity (Wildman–Crippen MR) is 57.0 cm³/mol. The summed E-state index contributed by atoms with van der Waals surface area (Å²) < 4.78 is 0. The van der Waals surface area contributed by atoms with Gasteiger partial charge in [0.05, 0.1) is 0 Å². The molecule has 1 aromatic heterocycles. The molecule has 0 aliphatic carbocycles. The van der Waals surface area contributed by atoms with Gasteiger partial charge in [0.2, 0.25) is 0 Å². The van der Waals surface area contributed by atoms with Crippen molar-refractivity contribution in [3.05, 3.63) is 28.6 Å². The number of rotatable bonds is 3. The van der Waals surface area contributed by atoms with Gasteiger partial charge in [-0.2, -0.15) is 0 Å². The van der Waals surface area contributed by atoms with Crippen molar-refractivity contribution in [1.82, 2.24) is 0 Å². The van der Waals surface area contributed by atoms with Gasteiger partial charge in [-0.15, -0.1) is 0 Å². The molecular formula is C11H18BLi. The first-order valence-corrected chi connectivity index (χ1v) is 4.93. The Hall–Kier alpha value is 0.0123. The standard InChI is InChI=1S/C11H17B.Li.H/c1-4-9-7-8-12-11(6-3)10(9)5-2;;/h7-8H,4-6H2,1-3H3;;/q;+1;-1. The van der Waals surface area contributed by atoms with Crippen LogP contribution in [0.15, 0.2) is 12.0 Å². The van der Waals surface area contributed by atoms with Crippen LogP contribution in [0, 0.1) is 0 Å². The first-order valence-electron chi connectivity index (χ1n) is 4.93. The van der Waals surface area contributed by atoms with Gasteiger partial charge in [-0.1, -0.05) is 0 Å². The Morgan fingerprint density at radius 1 is 1.15 bits per heavy atom. The molecule has 0 atom stereocenters. The zero-order chi connectivity index (χ0) is 8.97. The topological polar surface area (TPSA) is 0 Å². The van der Waals surface area contributed by atoms with Crippen molar-refractivity contribution in [2.75, 3.05) is 0 Å². The van der Waals surface area contributed by atoms with E-state index in [4.69, 9.17) is 0 Å². The van der Waals surface area contributed by atoms with Crippen LogP contribution in [0.1, 0.15) is 38.8 Å². The van der Waals surface area contributed by atoms with Crippen molar-refractivity contribution in [3.63, 3.8) is 0 Å². The predicted octanol–water partition coefficient (Wildman–Crippen LogP) is -0.172. The summed E-state index contributed by atoms with van der Waals surface area (Å²) in [5.41, 5.74) is 4.62. The summed E-state index contributed by atoms with van der Waals surface area (Å²) in [6.07, 6.45) is 3.50. The summed E-state index contributed by atoms with van der Waals surface area (Å²) in [6.45, 7) is 8.95. The second-order valence-corrected chi connectivity index (χ2v) is 3.12. The fourth-order valence-electron chi connectivity index (χ4n) is 1.80. The quantitative estimate of drug-likeness (QED) is 0.549. The van der Waals surface area contributed by atoms with Crippen molar-refractivity contribution in [2.45, 2.75) is 40.0 Å². The van der Waals surface area contributed by atoms with Crippen LogP contribution in [0.5, 0.6) is 0 Å². The summed E-state index contributed by atoms with van der Waals surface area (Å²) in [5.74, 6) is 2.18. The van der Waals surface area contributed by atoms with Crippen LogP contribution >= 0.6 is 0 Å². The van der Waals surface area contributed by atoms with Crippen LogP contribution in [0.25, 0.3) is 0 Å². The fraction of sp³-hybridized carbons (Fsp3) is 0.545. The summed E-state index contributed by atoms with van der Waals surface area (Å²) in [7, 11) is 0. The third-order valence-electron chi connectivity index (χ3n) is 2.49. The molecule has 2 heteroatoms. The van der Waals surface area contributed by atoms with Crippen LogP contribution in [0.4, 0.5) is 0 Å². The zero-order valence-corrected chi connectivity index (χ0v) is 9.35. The molecule has 1 aromatic rings. The summed E-state index contributed by atoms with van der Waals surface area (Å²) >= 11 is 0. The Morgan fingerprint density at radius 2 is 1.85 bits per heavy atom. The number of hydrogen-bond donors (Lipinski definition) is 0. The molecule has 0 aromatic carbocycles. The van der Waals surface area contributed by atoms with Gasteiger partial charge in [0, 0.05) is 0 Å². The van der Waals surface area contributed by atoms with Crippen molar-refractivity contribution < 1.29 is 20.3 Å². The molecule has 13 heavy (non-hydrogen) atoms. The van der Waals surface area contributed by atoms with E-state index >= 15 is 0 Å². The van der Waals surface area contributed by atoms with Gasteiger partial charge in [-0.3, -0.25) is 0 Å². The fourth-order valence-corrected chi connectivity index (χ4v) is 1.80. The summed E-state index contributed by atoms with van der Waals surface area (Å²) in [5, 5.41) is 0. The van der Waals surface area contributed by atoms with E-state index in [1.807, 2.05) is 0 Å². The molecule has 0 aliphatic heterocycles. The van der Waals surface area contributed by atoms with E-state index in [0.29, 0.717) is 0 Å². The molecule has 66 valence electrons. The van der Waals surface area contributed by atoms with Gasteiger partial charge in [-0.25, -0.2) is 0 Å². The van der Waals surface area contributed by atoms with Crippen LogP contribution < -0.4 is 18.9 Å². The van der Waals surface area contributed by atoms with Gasteiger partial charge in [0.25, 0.3) is 0 Å². The molecule has 0 nitrogen and oxygen atoms in total. The maximum absolute atomic E-state index is 2.25. The molecule has 0 spiro atoms. The molecule has 0 amide bonds. The van der Waals surface area contributed by atoms with E-state index in [9.17, 15) is 0 Å². The maximum Gasteiger partial charge on any atom is 1.00 e. The smallest absolute Gasteiger partial charge is 1.00 e. The average Bonchev–Trinajstić information content (AvgIpc) is 2.16. The largest absolute Gasteiger partial charge is 1.00 e. The van der Waals surface area contributed by atoms with Gasteiger partial charge in [0.15, 0.2) is 0 Å². The SMILES string of the molecule is CCc1bccc(CC)c1CC.[H-].[Li+]. The van der Waals surface area contributed by atoms with Crippen molar-refractivity contribution in [2.24, 2.45) is 0 Å². The monoisotopic (exact) mass is 168 g/mol. The van der Waals surface area contributed by atoms with Crippen LogP contribution in [0.3, 0.4) is 0 Å². The molecule has 0 radical (unpaired) electrons. The average molecular weight is 168 g/mol.